The first-order chi connectivity index (χ1) is 10.4. The SMILES string of the molecule is COc1cc(OC)c(F)c(-c2ccc(C(C)=N)c(N)c2)c1F. The van der Waals surface area contributed by atoms with Crippen LogP contribution in [-0.2, 0) is 0 Å². The Labute approximate surface area is 127 Å². The van der Waals surface area contributed by atoms with E-state index in [1.165, 1.54) is 26.4 Å². The van der Waals surface area contributed by atoms with Crippen molar-refractivity contribution in [3.8, 4) is 22.6 Å². The van der Waals surface area contributed by atoms with Crippen LogP contribution in [0.15, 0.2) is 24.3 Å². The number of hydrogen-bond donors (Lipinski definition) is 2. The monoisotopic (exact) mass is 306 g/mol. The van der Waals surface area contributed by atoms with Crippen molar-refractivity contribution >= 4 is 11.4 Å². The lowest BCUT2D eigenvalue weighted by Gasteiger charge is -2.14. The van der Waals surface area contributed by atoms with Gasteiger partial charge in [-0.2, -0.15) is 0 Å². The number of anilines is 1. The summed E-state index contributed by atoms with van der Waals surface area (Å²) < 4.78 is 38.7. The van der Waals surface area contributed by atoms with Gasteiger partial charge in [0, 0.05) is 23.0 Å². The third-order valence-electron chi connectivity index (χ3n) is 3.32. The van der Waals surface area contributed by atoms with Crippen LogP contribution in [0.25, 0.3) is 11.1 Å². The van der Waals surface area contributed by atoms with E-state index in [0.717, 1.165) is 6.07 Å². The zero-order valence-corrected chi connectivity index (χ0v) is 12.5. The molecule has 0 unspecified atom stereocenters. The molecule has 2 aromatic rings. The summed E-state index contributed by atoms with van der Waals surface area (Å²) in [7, 11) is 2.57. The average molecular weight is 306 g/mol. The third-order valence-corrected chi connectivity index (χ3v) is 3.32. The summed E-state index contributed by atoms with van der Waals surface area (Å²) in [6.07, 6.45) is 0. The van der Waals surface area contributed by atoms with Crippen LogP contribution < -0.4 is 15.2 Å². The molecule has 6 heteroatoms. The number of rotatable bonds is 4. The number of benzene rings is 2. The van der Waals surface area contributed by atoms with E-state index in [1.54, 1.807) is 13.0 Å². The molecule has 0 radical (unpaired) electrons. The molecular formula is C16H16F2N2O2. The largest absolute Gasteiger partial charge is 0.494 e. The highest BCUT2D eigenvalue weighted by Crippen LogP contribution is 2.38. The molecule has 0 fully saturated rings. The highest BCUT2D eigenvalue weighted by molar-refractivity contribution is 6.01. The van der Waals surface area contributed by atoms with Gasteiger partial charge in [-0.05, 0) is 18.6 Å². The molecule has 0 saturated heterocycles. The van der Waals surface area contributed by atoms with Crippen molar-refractivity contribution in [1.82, 2.24) is 0 Å². The summed E-state index contributed by atoms with van der Waals surface area (Å²) in [6.45, 7) is 1.58. The van der Waals surface area contributed by atoms with Crippen molar-refractivity contribution < 1.29 is 18.3 Å². The molecule has 2 aromatic carbocycles. The van der Waals surface area contributed by atoms with Crippen molar-refractivity contribution in [2.24, 2.45) is 0 Å². The minimum absolute atomic E-state index is 0.126. The van der Waals surface area contributed by atoms with Gasteiger partial charge in [-0.15, -0.1) is 0 Å². The maximum Gasteiger partial charge on any atom is 0.176 e. The minimum Gasteiger partial charge on any atom is -0.494 e. The fourth-order valence-corrected chi connectivity index (χ4v) is 2.20. The molecule has 0 aliphatic rings. The number of nitrogens with two attached hydrogens (primary N) is 1. The highest BCUT2D eigenvalue weighted by Gasteiger charge is 2.22. The van der Waals surface area contributed by atoms with Gasteiger partial charge in [0.1, 0.15) is 0 Å². The standard InChI is InChI=1S/C16H16F2N2O2/c1-8(19)10-5-4-9(6-11(10)20)14-15(17)12(21-2)7-13(22-3)16(14)18/h4-7,19H,20H2,1-3H3. The maximum absolute atomic E-state index is 14.4. The Kier molecular flexibility index (Phi) is 4.30. The zero-order chi connectivity index (χ0) is 16.4. The predicted molar refractivity (Wildman–Crippen MR) is 81.8 cm³/mol. The first-order valence-electron chi connectivity index (χ1n) is 6.46. The lowest BCUT2D eigenvalue weighted by molar-refractivity contribution is 0.360. The van der Waals surface area contributed by atoms with Crippen LogP contribution >= 0.6 is 0 Å². The molecule has 0 bridgehead atoms. The van der Waals surface area contributed by atoms with E-state index in [0.29, 0.717) is 5.56 Å². The Bertz CT molecular complexity index is 717. The topological polar surface area (TPSA) is 68.3 Å². The van der Waals surface area contributed by atoms with Crippen LogP contribution in [0.5, 0.6) is 11.5 Å². The third kappa shape index (κ3) is 2.59. The van der Waals surface area contributed by atoms with Gasteiger partial charge < -0.3 is 20.6 Å². The number of hydrogen-bond acceptors (Lipinski definition) is 4. The van der Waals surface area contributed by atoms with Gasteiger partial charge in [-0.3, -0.25) is 0 Å². The fourth-order valence-electron chi connectivity index (χ4n) is 2.20. The molecule has 0 aromatic heterocycles. The quantitative estimate of drug-likeness (QED) is 0.669. The van der Waals surface area contributed by atoms with Crippen LogP contribution in [0.3, 0.4) is 0 Å². The van der Waals surface area contributed by atoms with E-state index in [-0.39, 0.29) is 34.0 Å². The molecule has 0 aliphatic heterocycles. The van der Waals surface area contributed by atoms with Crippen LogP contribution in [0.4, 0.5) is 14.5 Å². The minimum atomic E-state index is -0.834. The second-order valence-corrected chi connectivity index (χ2v) is 4.71. The molecule has 0 spiro atoms. The van der Waals surface area contributed by atoms with Crippen molar-refractivity contribution in [3.63, 3.8) is 0 Å². The van der Waals surface area contributed by atoms with E-state index >= 15 is 0 Å². The molecule has 22 heavy (non-hydrogen) atoms. The van der Waals surface area contributed by atoms with Gasteiger partial charge in [-0.25, -0.2) is 8.78 Å². The predicted octanol–water partition coefficient (Wildman–Crippen LogP) is 3.62. The van der Waals surface area contributed by atoms with E-state index < -0.39 is 11.6 Å². The Hall–Kier alpha value is -2.63. The summed E-state index contributed by atoms with van der Waals surface area (Å²) in [4.78, 5) is 0. The lowest BCUT2D eigenvalue weighted by atomic mass is 9.99. The van der Waals surface area contributed by atoms with Gasteiger partial charge in [0.05, 0.1) is 19.8 Å². The highest BCUT2D eigenvalue weighted by atomic mass is 19.1. The lowest BCUT2D eigenvalue weighted by Crippen LogP contribution is -2.02. The summed E-state index contributed by atoms with van der Waals surface area (Å²) in [5.74, 6) is -1.92. The number of nitrogens with one attached hydrogen (secondary N) is 1. The maximum atomic E-state index is 14.4. The van der Waals surface area contributed by atoms with Gasteiger partial charge >= 0.3 is 0 Å². The normalized spacial score (nSPS) is 10.4. The molecule has 0 amide bonds. The van der Waals surface area contributed by atoms with Crippen molar-refractivity contribution in [1.29, 1.82) is 5.41 Å². The second kappa shape index (κ2) is 6.01. The molecule has 3 N–H and O–H groups in total. The van der Waals surface area contributed by atoms with E-state index in [4.69, 9.17) is 20.6 Å². The van der Waals surface area contributed by atoms with Crippen molar-refractivity contribution in [2.45, 2.75) is 6.92 Å². The summed E-state index contributed by atoms with van der Waals surface area (Å²) in [5.41, 5.74) is 6.87. The van der Waals surface area contributed by atoms with Crippen molar-refractivity contribution in [3.05, 3.63) is 41.5 Å². The first kappa shape index (κ1) is 15.8. The molecule has 4 nitrogen and oxygen atoms in total. The van der Waals surface area contributed by atoms with Crippen LogP contribution in [0.2, 0.25) is 0 Å². The number of methoxy groups -OCH3 is 2. The first-order valence-corrected chi connectivity index (χ1v) is 6.46. The second-order valence-electron chi connectivity index (χ2n) is 4.71. The van der Waals surface area contributed by atoms with Gasteiger partial charge in [0.25, 0.3) is 0 Å². The zero-order valence-electron chi connectivity index (χ0n) is 12.5. The van der Waals surface area contributed by atoms with E-state index in [2.05, 4.69) is 0 Å². The smallest absolute Gasteiger partial charge is 0.176 e. The van der Waals surface area contributed by atoms with Crippen molar-refractivity contribution in [2.75, 3.05) is 20.0 Å². The Balaban J connectivity index is 2.71. The summed E-state index contributed by atoms with van der Waals surface area (Å²) in [6, 6.07) is 5.63. The number of ether oxygens (including phenoxy) is 2. The van der Waals surface area contributed by atoms with Crippen LogP contribution in [-0.4, -0.2) is 19.9 Å². The summed E-state index contributed by atoms with van der Waals surface area (Å²) in [5, 5.41) is 7.60. The van der Waals surface area contributed by atoms with Gasteiger partial charge in [0.2, 0.25) is 0 Å². The molecule has 116 valence electrons. The molecule has 2 rings (SSSR count). The van der Waals surface area contributed by atoms with Gasteiger partial charge in [-0.1, -0.05) is 12.1 Å². The summed E-state index contributed by atoms with van der Waals surface area (Å²) >= 11 is 0. The molecule has 0 saturated carbocycles. The van der Waals surface area contributed by atoms with Gasteiger partial charge in [0.15, 0.2) is 23.1 Å². The Morgan fingerprint density at radius 1 is 1.05 bits per heavy atom. The van der Waals surface area contributed by atoms with Crippen LogP contribution in [0, 0.1) is 17.0 Å². The molecular weight excluding hydrogens is 290 g/mol. The molecule has 0 aliphatic carbocycles. The molecule has 0 atom stereocenters. The molecule has 0 heterocycles. The van der Waals surface area contributed by atoms with Crippen LogP contribution in [0.1, 0.15) is 12.5 Å². The number of halogens is 2. The average Bonchev–Trinajstić information content (AvgIpc) is 2.47. The van der Waals surface area contributed by atoms with E-state index in [9.17, 15) is 8.78 Å². The van der Waals surface area contributed by atoms with E-state index in [1.807, 2.05) is 0 Å². The Morgan fingerprint density at radius 3 is 2.00 bits per heavy atom. The Morgan fingerprint density at radius 2 is 1.59 bits per heavy atom. The number of nitrogen functional groups attached to an aromatic ring is 1. The fraction of sp³-hybridized carbons (Fsp3) is 0.188.